The number of methoxy groups -OCH3 is 1. The van der Waals surface area contributed by atoms with E-state index in [9.17, 15) is 0 Å². The second-order valence-electron chi connectivity index (χ2n) is 2.86. The van der Waals surface area contributed by atoms with Crippen molar-refractivity contribution in [1.29, 1.82) is 0 Å². The molecule has 0 aliphatic carbocycles. The molecule has 2 rings (SSSR count). The molecular weight excluding hydrogens is 230 g/mol. The average molecular weight is 240 g/mol. The third-order valence-electron chi connectivity index (χ3n) is 2.12. The number of benzene rings is 1. The molecule has 13 heavy (non-hydrogen) atoms. The topological polar surface area (TPSA) is 25.0 Å². The van der Waals surface area contributed by atoms with Crippen LogP contribution in [0.1, 0.15) is 5.56 Å². The number of H-pyrrole nitrogens is 1. The second kappa shape index (κ2) is 3.42. The molecule has 0 saturated heterocycles. The maximum atomic E-state index is 5.16. The highest BCUT2D eigenvalue weighted by Gasteiger charge is 2.02. The van der Waals surface area contributed by atoms with E-state index in [1.165, 1.54) is 10.9 Å². The van der Waals surface area contributed by atoms with Crippen LogP contribution in [0, 0.1) is 0 Å². The maximum Gasteiger partial charge on any atom is 0.119 e. The molecule has 0 unspecified atom stereocenters. The molecule has 2 nitrogen and oxygen atoms in total. The summed E-state index contributed by atoms with van der Waals surface area (Å²) in [5.74, 6) is 0.898. The molecule has 2 aromatic rings. The Balaban J connectivity index is 2.64. The van der Waals surface area contributed by atoms with Gasteiger partial charge in [0.2, 0.25) is 0 Å². The fourth-order valence-electron chi connectivity index (χ4n) is 1.40. The standard InChI is InChI=1S/C10H10BrNO/c1-13-8-2-3-10-9(4-8)7(5-11)6-12-10/h2-4,6,12H,5H2,1H3. The lowest BCUT2D eigenvalue weighted by atomic mass is 10.2. The number of fused-ring (bicyclic) bond motifs is 1. The van der Waals surface area contributed by atoms with E-state index in [2.05, 4.69) is 20.9 Å². The lowest BCUT2D eigenvalue weighted by Gasteiger charge is -1.99. The highest BCUT2D eigenvalue weighted by Crippen LogP contribution is 2.24. The van der Waals surface area contributed by atoms with Gasteiger partial charge >= 0.3 is 0 Å². The Morgan fingerprint density at radius 3 is 3.00 bits per heavy atom. The highest BCUT2D eigenvalue weighted by atomic mass is 79.9. The van der Waals surface area contributed by atoms with Gasteiger partial charge in [0.1, 0.15) is 5.75 Å². The average Bonchev–Trinajstić information content (AvgIpc) is 2.59. The van der Waals surface area contributed by atoms with E-state index in [1.54, 1.807) is 7.11 Å². The number of aromatic amines is 1. The van der Waals surface area contributed by atoms with Gasteiger partial charge in [0.25, 0.3) is 0 Å². The van der Waals surface area contributed by atoms with Crippen LogP contribution in [0.25, 0.3) is 10.9 Å². The third-order valence-corrected chi connectivity index (χ3v) is 2.72. The summed E-state index contributed by atoms with van der Waals surface area (Å²) in [6.45, 7) is 0. The van der Waals surface area contributed by atoms with Crippen molar-refractivity contribution in [2.24, 2.45) is 0 Å². The Hall–Kier alpha value is -0.960. The van der Waals surface area contributed by atoms with Crippen molar-refractivity contribution >= 4 is 26.8 Å². The summed E-state index contributed by atoms with van der Waals surface area (Å²) in [5.41, 5.74) is 2.41. The predicted molar refractivity (Wildman–Crippen MR) is 57.5 cm³/mol. The van der Waals surface area contributed by atoms with Gasteiger partial charge in [-0.3, -0.25) is 0 Å². The Morgan fingerprint density at radius 1 is 1.46 bits per heavy atom. The minimum absolute atomic E-state index is 0.861. The van der Waals surface area contributed by atoms with Crippen LogP contribution < -0.4 is 4.74 Å². The first-order valence-corrected chi connectivity index (χ1v) is 5.17. The molecule has 0 radical (unpaired) electrons. The van der Waals surface area contributed by atoms with Gasteiger partial charge in [-0.1, -0.05) is 15.9 Å². The summed E-state index contributed by atoms with van der Waals surface area (Å²) < 4.78 is 5.16. The van der Waals surface area contributed by atoms with E-state index in [0.29, 0.717) is 0 Å². The van der Waals surface area contributed by atoms with Crippen molar-refractivity contribution in [3.05, 3.63) is 30.0 Å². The van der Waals surface area contributed by atoms with Gasteiger partial charge in [-0.05, 0) is 23.8 Å². The van der Waals surface area contributed by atoms with Gasteiger partial charge in [0.15, 0.2) is 0 Å². The van der Waals surface area contributed by atoms with Crippen LogP contribution in [-0.4, -0.2) is 12.1 Å². The van der Waals surface area contributed by atoms with E-state index in [-0.39, 0.29) is 0 Å². The zero-order chi connectivity index (χ0) is 9.26. The largest absolute Gasteiger partial charge is 0.497 e. The van der Waals surface area contributed by atoms with Gasteiger partial charge in [-0.15, -0.1) is 0 Å². The van der Waals surface area contributed by atoms with Crippen molar-refractivity contribution < 1.29 is 4.74 Å². The molecule has 0 amide bonds. The third kappa shape index (κ3) is 1.44. The number of aromatic nitrogens is 1. The van der Waals surface area contributed by atoms with E-state index >= 15 is 0 Å². The molecule has 1 aromatic carbocycles. The van der Waals surface area contributed by atoms with E-state index in [0.717, 1.165) is 16.6 Å². The number of ether oxygens (including phenoxy) is 1. The molecular formula is C10H10BrNO. The van der Waals surface area contributed by atoms with Gasteiger partial charge in [-0.25, -0.2) is 0 Å². The minimum atomic E-state index is 0.861. The van der Waals surface area contributed by atoms with Crippen LogP contribution in [0.4, 0.5) is 0 Å². The van der Waals surface area contributed by atoms with Crippen LogP contribution in [0.15, 0.2) is 24.4 Å². The first-order valence-electron chi connectivity index (χ1n) is 4.05. The zero-order valence-electron chi connectivity index (χ0n) is 7.30. The van der Waals surface area contributed by atoms with Crippen LogP contribution >= 0.6 is 15.9 Å². The summed E-state index contributed by atoms with van der Waals surface area (Å²) in [5, 5.41) is 2.08. The summed E-state index contributed by atoms with van der Waals surface area (Å²) >= 11 is 3.44. The Morgan fingerprint density at radius 2 is 2.31 bits per heavy atom. The molecule has 3 heteroatoms. The Kier molecular flexibility index (Phi) is 2.27. The summed E-state index contributed by atoms with van der Waals surface area (Å²) in [4.78, 5) is 3.20. The van der Waals surface area contributed by atoms with Crippen molar-refractivity contribution in [1.82, 2.24) is 4.98 Å². The predicted octanol–water partition coefficient (Wildman–Crippen LogP) is 3.07. The molecule has 1 aromatic heterocycles. The number of halogens is 1. The van der Waals surface area contributed by atoms with Gasteiger partial charge in [0, 0.05) is 22.4 Å². The maximum absolute atomic E-state index is 5.16. The van der Waals surface area contributed by atoms with Crippen LogP contribution in [0.5, 0.6) is 5.75 Å². The van der Waals surface area contributed by atoms with Crippen LogP contribution in [0.3, 0.4) is 0 Å². The normalized spacial score (nSPS) is 10.6. The number of rotatable bonds is 2. The van der Waals surface area contributed by atoms with Crippen LogP contribution in [-0.2, 0) is 5.33 Å². The molecule has 0 bridgehead atoms. The number of hydrogen-bond donors (Lipinski definition) is 1. The van der Waals surface area contributed by atoms with Crippen molar-refractivity contribution in [2.45, 2.75) is 5.33 Å². The first kappa shape index (κ1) is 8.63. The molecule has 0 aliphatic rings. The van der Waals surface area contributed by atoms with Gasteiger partial charge < -0.3 is 9.72 Å². The summed E-state index contributed by atoms with van der Waals surface area (Å²) in [7, 11) is 1.68. The number of nitrogens with one attached hydrogen (secondary N) is 1. The molecule has 68 valence electrons. The first-order chi connectivity index (χ1) is 6.35. The van der Waals surface area contributed by atoms with Gasteiger partial charge in [0.05, 0.1) is 7.11 Å². The Bertz CT molecular complexity index is 422. The molecule has 1 N–H and O–H groups in total. The fraction of sp³-hybridized carbons (Fsp3) is 0.200. The van der Waals surface area contributed by atoms with E-state index in [1.807, 2.05) is 24.4 Å². The monoisotopic (exact) mass is 239 g/mol. The van der Waals surface area contributed by atoms with Crippen molar-refractivity contribution in [2.75, 3.05) is 7.11 Å². The summed E-state index contributed by atoms with van der Waals surface area (Å²) in [6.07, 6.45) is 2.01. The Labute approximate surface area is 85.0 Å². The lowest BCUT2D eigenvalue weighted by Crippen LogP contribution is -1.81. The van der Waals surface area contributed by atoms with Crippen molar-refractivity contribution in [3.8, 4) is 5.75 Å². The quantitative estimate of drug-likeness (QED) is 0.801. The fourth-order valence-corrected chi connectivity index (χ4v) is 1.86. The molecule has 0 atom stereocenters. The lowest BCUT2D eigenvalue weighted by molar-refractivity contribution is 0.415. The van der Waals surface area contributed by atoms with E-state index < -0.39 is 0 Å². The van der Waals surface area contributed by atoms with Crippen LogP contribution in [0.2, 0.25) is 0 Å². The number of alkyl halides is 1. The number of hydrogen-bond acceptors (Lipinski definition) is 1. The zero-order valence-corrected chi connectivity index (χ0v) is 8.89. The van der Waals surface area contributed by atoms with Crippen molar-refractivity contribution in [3.63, 3.8) is 0 Å². The second-order valence-corrected chi connectivity index (χ2v) is 3.42. The van der Waals surface area contributed by atoms with Gasteiger partial charge in [-0.2, -0.15) is 0 Å². The molecule has 0 saturated carbocycles. The SMILES string of the molecule is COc1ccc2[nH]cc(CBr)c2c1. The molecule has 1 heterocycles. The summed E-state index contributed by atoms with van der Waals surface area (Å²) in [6, 6.07) is 6.03. The molecule has 0 fully saturated rings. The minimum Gasteiger partial charge on any atom is -0.497 e. The smallest absolute Gasteiger partial charge is 0.119 e. The molecule has 0 aliphatic heterocycles. The molecule has 0 spiro atoms. The highest BCUT2D eigenvalue weighted by molar-refractivity contribution is 9.08. The van der Waals surface area contributed by atoms with E-state index in [4.69, 9.17) is 4.74 Å².